The van der Waals surface area contributed by atoms with E-state index in [1.807, 2.05) is 0 Å². The smallest absolute Gasteiger partial charge is 0.343 e. The van der Waals surface area contributed by atoms with Gasteiger partial charge in [0.15, 0.2) is 0 Å². The molecular formula is C22H31O4P. The Morgan fingerprint density at radius 3 is 2.07 bits per heavy atom. The lowest BCUT2D eigenvalue weighted by atomic mass is 9.67. The fourth-order valence-corrected chi connectivity index (χ4v) is 6.28. The van der Waals surface area contributed by atoms with Gasteiger partial charge in [-0.3, -0.25) is 0 Å². The van der Waals surface area contributed by atoms with E-state index in [0.717, 1.165) is 52.3 Å². The predicted octanol–water partition coefficient (Wildman–Crippen LogP) is 5.72. The SMILES string of the molecule is COC(=O)c1pc2c(c(C3(C)CCCCC3)c1C(=O)OC)CCCCCC2. The van der Waals surface area contributed by atoms with E-state index in [-0.39, 0.29) is 5.41 Å². The number of rotatable bonds is 3. The Labute approximate surface area is 164 Å². The van der Waals surface area contributed by atoms with Crippen LogP contribution in [0.3, 0.4) is 0 Å². The molecule has 2 aliphatic carbocycles. The van der Waals surface area contributed by atoms with Crippen molar-refractivity contribution < 1.29 is 19.1 Å². The first-order valence-corrected chi connectivity index (χ1v) is 11.1. The number of aryl methyl sites for hydroxylation is 1. The van der Waals surface area contributed by atoms with Crippen LogP contribution in [0.1, 0.15) is 102 Å². The van der Waals surface area contributed by atoms with Gasteiger partial charge >= 0.3 is 11.9 Å². The van der Waals surface area contributed by atoms with Crippen LogP contribution in [0, 0.1) is 0 Å². The van der Waals surface area contributed by atoms with Crippen molar-refractivity contribution in [2.75, 3.05) is 14.2 Å². The molecule has 1 aromatic rings. The number of ether oxygens (including phenoxy) is 2. The van der Waals surface area contributed by atoms with E-state index in [4.69, 9.17) is 9.47 Å². The molecule has 0 amide bonds. The molecule has 0 N–H and O–H groups in total. The quantitative estimate of drug-likeness (QED) is 0.619. The largest absolute Gasteiger partial charge is 0.465 e. The molecule has 3 rings (SSSR count). The lowest BCUT2D eigenvalue weighted by molar-refractivity contribution is 0.0556. The minimum absolute atomic E-state index is 0.0727. The first-order chi connectivity index (χ1) is 13.0. The van der Waals surface area contributed by atoms with E-state index >= 15 is 0 Å². The second-order valence-electron chi connectivity index (χ2n) is 8.15. The number of carbonyl (C=O) groups is 2. The van der Waals surface area contributed by atoms with E-state index < -0.39 is 11.9 Å². The summed E-state index contributed by atoms with van der Waals surface area (Å²) in [5.41, 5.74) is 2.87. The Balaban J connectivity index is 2.31. The van der Waals surface area contributed by atoms with Crippen LogP contribution in [0.4, 0.5) is 0 Å². The molecule has 148 valence electrons. The van der Waals surface area contributed by atoms with Crippen LogP contribution in [0.2, 0.25) is 0 Å². The van der Waals surface area contributed by atoms with Gasteiger partial charge in [-0.2, -0.15) is 0 Å². The third-order valence-corrected chi connectivity index (χ3v) is 7.70. The molecule has 1 heterocycles. The summed E-state index contributed by atoms with van der Waals surface area (Å²) in [4.78, 5) is 25.5. The zero-order chi connectivity index (χ0) is 19.4. The minimum Gasteiger partial charge on any atom is -0.465 e. The predicted molar refractivity (Wildman–Crippen MR) is 108 cm³/mol. The summed E-state index contributed by atoms with van der Waals surface area (Å²) in [6.45, 7) is 2.28. The molecule has 0 aromatic carbocycles. The van der Waals surface area contributed by atoms with Gasteiger partial charge in [-0.05, 0) is 60.4 Å². The van der Waals surface area contributed by atoms with Gasteiger partial charge in [0.1, 0.15) is 5.30 Å². The van der Waals surface area contributed by atoms with Crippen LogP contribution in [0.5, 0.6) is 0 Å². The molecule has 27 heavy (non-hydrogen) atoms. The Morgan fingerprint density at radius 2 is 1.44 bits per heavy atom. The number of fused-ring (bicyclic) bond motifs is 1. The van der Waals surface area contributed by atoms with Crippen LogP contribution in [0.25, 0.3) is 0 Å². The Bertz CT molecular complexity index is 720. The van der Waals surface area contributed by atoms with Crippen LogP contribution in [-0.2, 0) is 27.7 Å². The summed E-state index contributed by atoms with van der Waals surface area (Å²) in [6.07, 6.45) is 12.5. The summed E-state index contributed by atoms with van der Waals surface area (Å²) in [5.74, 6) is -0.791. The fourth-order valence-electron chi connectivity index (χ4n) is 4.89. The molecule has 0 saturated heterocycles. The van der Waals surface area contributed by atoms with Gasteiger partial charge in [0.05, 0.1) is 19.8 Å². The molecule has 2 aliphatic rings. The van der Waals surface area contributed by atoms with Gasteiger partial charge in [-0.15, -0.1) is 0 Å². The highest BCUT2D eigenvalue weighted by atomic mass is 31.0. The van der Waals surface area contributed by atoms with Crippen molar-refractivity contribution in [1.82, 2.24) is 0 Å². The molecular weight excluding hydrogens is 359 g/mol. The molecule has 1 fully saturated rings. The van der Waals surface area contributed by atoms with E-state index in [2.05, 4.69) is 6.92 Å². The van der Waals surface area contributed by atoms with Gasteiger partial charge in [0, 0.05) is 0 Å². The summed E-state index contributed by atoms with van der Waals surface area (Å²) in [7, 11) is 3.64. The highest BCUT2D eigenvalue weighted by Gasteiger charge is 2.38. The van der Waals surface area contributed by atoms with E-state index in [1.54, 1.807) is 0 Å². The second kappa shape index (κ2) is 8.73. The maximum absolute atomic E-state index is 12.9. The maximum atomic E-state index is 12.9. The van der Waals surface area contributed by atoms with Crippen molar-refractivity contribution in [2.24, 2.45) is 0 Å². The van der Waals surface area contributed by atoms with E-state index in [1.165, 1.54) is 57.2 Å². The molecule has 5 heteroatoms. The molecule has 0 bridgehead atoms. The van der Waals surface area contributed by atoms with Crippen molar-refractivity contribution in [3.8, 4) is 0 Å². The average molecular weight is 390 g/mol. The number of carbonyl (C=O) groups excluding carboxylic acids is 2. The van der Waals surface area contributed by atoms with Crippen molar-refractivity contribution in [3.05, 3.63) is 27.3 Å². The van der Waals surface area contributed by atoms with Gasteiger partial charge in [-0.25, -0.2) is 9.59 Å². The number of hydrogen-bond acceptors (Lipinski definition) is 4. The molecule has 0 unspecified atom stereocenters. The molecule has 4 nitrogen and oxygen atoms in total. The Kier molecular flexibility index (Phi) is 6.57. The van der Waals surface area contributed by atoms with Crippen LogP contribution < -0.4 is 0 Å². The summed E-state index contributed by atoms with van der Waals surface area (Å²) in [5, 5.41) is 1.80. The summed E-state index contributed by atoms with van der Waals surface area (Å²) >= 11 is 0. The Hall–Kier alpha value is -1.41. The molecule has 0 spiro atoms. The van der Waals surface area contributed by atoms with Gasteiger partial charge in [0.2, 0.25) is 0 Å². The monoisotopic (exact) mass is 390 g/mol. The molecule has 0 atom stereocenters. The lowest BCUT2D eigenvalue weighted by Gasteiger charge is -2.38. The minimum atomic E-state index is -0.400. The van der Waals surface area contributed by atoms with E-state index in [9.17, 15) is 9.59 Å². The van der Waals surface area contributed by atoms with Crippen molar-refractivity contribution in [2.45, 2.75) is 83.0 Å². The highest BCUT2D eigenvalue weighted by molar-refractivity contribution is 7.33. The topological polar surface area (TPSA) is 52.6 Å². The van der Waals surface area contributed by atoms with Crippen molar-refractivity contribution in [3.63, 3.8) is 0 Å². The molecule has 0 radical (unpaired) electrons. The Morgan fingerprint density at radius 1 is 0.852 bits per heavy atom. The van der Waals surface area contributed by atoms with Crippen LogP contribution in [-0.4, -0.2) is 26.2 Å². The number of esters is 2. The van der Waals surface area contributed by atoms with Gasteiger partial charge in [-0.1, -0.05) is 47.2 Å². The van der Waals surface area contributed by atoms with Gasteiger partial charge in [0.25, 0.3) is 0 Å². The standard InChI is InChI=1S/C22H31O4P/c1-22(13-9-6-10-14-22)18-15-11-7-4-5-8-12-16(15)27-19(21(24)26-3)17(18)20(23)25-2/h4-14H2,1-3H3. The average Bonchev–Trinajstić information content (AvgIpc) is 2.66. The van der Waals surface area contributed by atoms with E-state index in [0.29, 0.717) is 10.9 Å². The number of methoxy groups -OCH3 is 2. The van der Waals surface area contributed by atoms with Crippen molar-refractivity contribution >= 4 is 20.1 Å². The maximum Gasteiger partial charge on any atom is 0.343 e. The second-order valence-corrected chi connectivity index (χ2v) is 9.37. The van der Waals surface area contributed by atoms with Crippen molar-refractivity contribution in [1.29, 1.82) is 0 Å². The normalized spacial score (nSPS) is 19.7. The summed E-state index contributed by atoms with van der Waals surface area (Å²) in [6, 6.07) is 0. The van der Waals surface area contributed by atoms with Crippen LogP contribution >= 0.6 is 8.19 Å². The highest BCUT2D eigenvalue weighted by Crippen LogP contribution is 2.47. The lowest BCUT2D eigenvalue weighted by Crippen LogP contribution is -2.31. The third kappa shape index (κ3) is 4.06. The first kappa shape index (κ1) is 20.3. The third-order valence-electron chi connectivity index (χ3n) is 6.30. The fraction of sp³-hybridized carbons (Fsp3) is 0.682. The summed E-state index contributed by atoms with van der Waals surface area (Å²) < 4.78 is 10.2. The zero-order valence-corrected chi connectivity index (χ0v) is 17.8. The first-order valence-electron chi connectivity index (χ1n) is 10.2. The molecule has 1 saturated carbocycles. The molecule has 0 aliphatic heterocycles. The van der Waals surface area contributed by atoms with Gasteiger partial charge < -0.3 is 9.47 Å². The van der Waals surface area contributed by atoms with Crippen LogP contribution in [0.15, 0.2) is 0 Å². The molecule has 1 aromatic heterocycles. The zero-order valence-electron chi connectivity index (χ0n) is 16.9. The number of hydrogen-bond donors (Lipinski definition) is 0.